The third-order valence-corrected chi connectivity index (χ3v) is 9.24. The first kappa shape index (κ1) is 25.0. The van der Waals surface area contributed by atoms with Crippen molar-refractivity contribution >= 4 is 29.2 Å². The maximum atomic E-state index is 12.8. The van der Waals surface area contributed by atoms with Crippen molar-refractivity contribution in [3.8, 4) is 17.2 Å². The summed E-state index contributed by atoms with van der Waals surface area (Å²) in [4.78, 5) is 17.8. The minimum atomic E-state index is -0.515. The van der Waals surface area contributed by atoms with Crippen molar-refractivity contribution in [2.45, 2.75) is 36.6 Å². The minimum absolute atomic E-state index is 0.00625. The van der Waals surface area contributed by atoms with Crippen LogP contribution in [0.4, 0.5) is 0 Å². The number of amides is 1. The van der Waals surface area contributed by atoms with Gasteiger partial charge in [-0.05, 0) is 84.1 Å². The summed E-state index contributed by atoms with van der Waals surface area (Å²) in [6, 6.07) is 21.0. The van der Waals surface area contributed by atoms with Gasteiger partial charge in [0.25, 0.3) is 0 Å². The molecule has 0 saturated carbocycles. The number of likely N-dealkylation sites (N-methyl/N-ethyl adjacent to an activating group) is 1. The van der Waals surface area contributed by atoms with Crippen molar-refractivity contribution < 1.29 is 4.79 Å². The molecule has 2 aromatic carbocycles. The van der Waals surface area contributed by atoms with E-state index in [1.807, 2.05) is 11.9 Å². The number of nitrogens with one attached hydrogen (secondary N) is 1. The lowest BCUT2D eigenvalue weighted by atomic mass is 9.88. The Hall–Kier alpha value is -2.63. The third kappa shape index (κ3) is 6.19. The fraction of sp³-hybridized carbons (Fsp3) is 0.379. The Balaban J connectivity index is 1.14. The Morgan fingerprint density at radius 3 is 2.47 bits per heavy atom. The molecule has 2 aliphatic rings. The molecule has 1 aromatic heterocycles. The maximum absolute atomic E-state index is 12.8. The molecule has 2 heterocycles. The number of hydrogen-bond acceptors (Lipinski definition) is 6. The van der Waals surface area contributed by atoms with Crippen molar-refractivity contribution in [1.82, 2.24) is 14.5 Å². The van der Waals surface area contributed by atoms with Crippen LogP contribution in [0.15, 0.2) is 64.9 Å². The maximum Gasteiger partial charge on any atom is 0.224 e. The van der Waals surface area contributed by atoms with Crippen molar-refractivity contribution in [2.75, 3.05) is 33.2 Å². The molecule has 0 radical (unpaired) electrons. The van der Waals surface area contributed by atoms with Crippen LogP contribution in [-0.2, 0) is 24.1 Å². The number of carbonyl (C=O) groups excluding carboxylic acids is 1. The number of aryl methyl sites for hydroxylation is 1. The van der Waals surface area contributed by atoms with Gasteiger partial charge >= 0.3 is 0 Å². The first-order valence-electron chi connectivity index (χ1n) is 12.6. The van der Waals surface area contributed by atoms with Crippen LogP contribution >= 0.6 is 23.3 Å². The molecule has 3 aromatic rings. The summed E-state index contributed by atoms with van der Waals surface area (Å²) < 4.78 is 2.43. The molecule has 1 N–H and O–H groups in total. The van der Waals surface area contributed by atoms with Crippen molar-refractivity contribution in [3.63, 3.8) is 0 Å². The molecular formula is C29H32N4OS2. The van der Waals surface area contributed by atoms with Crippen molar-refractivity contribution in [2.24, 2.45) is 5.92 Å². The van der Waals surface area contributed by atoms with E-state index in [1.165, 1.54) is 20.9 Å². The fourth-order valence-electron chi connectivity index (χ4n) is 4.87. The first-order valence-corrected chi connectivity index (χ1v) is 14.3. The normalized spacial score (nSPS) is 19.3. The summed E-state index contributed by atoms with van der Waals surface area (Å²) in [6.45, 7) is 4.41. The zero-order valence-corrected chi connectivity index (χ0v) is 22.3. The Bertz CT molecular complexity index is 1210. The van der Waals surface area contributed by atoms with E-state index in [1.54, 1.807) is 11.3 Å². The summed E-state index contributed by atoms with van der Waals surface area (Å²) in [5.74, 6) is -0.0292. The minimum Gasteiger partial charge on any atom is -0.340 e. The predicted molar refractivity (Wildman–Crippen MR) is 148 cm³/mol. The Labute approximate surface area is 222 Å². The van der Waals surface area contributed by atoms with Crippen LogP contribution in [0.1, 0.15) is 22.4 Å². The molecule has 1 aliphatic carbocycles. The van der Waals surface area contributed by atoms with E-state index in [-0.39, 0.29) is 11.8 Å². The standard InChI is InChI=1S/C29H32N4OS2/c1-32-13-15-33(16-14-32)36-27-10-8-23(9-11-27)22-4-2-21(3-5-22)18-26(20-30)31-29(34)25-7-6-24-12-17-35-28(24)19-25/h2-5,8-12,17,25-26H,6-7,13-16,18-19H2,1H3,(H,31,34). The smallest absolute Gasteiger partial charge is 0.224 e. The SMILES string of the molecule is CN1CCN(Sc2ccc(-c3ccc(CC(C#N)NC(=O)C4CCc5ccsc5C4)cc3)cc2)CC1. The lowest BCUT2D eigenvalue weighted by Crippen LogP contribution is -2.40. The Kier molecular flexibility index (Phi) is 8.08. The van der Waals surface area contributed by atoms with Gasteiger partial charge in [0, 0.05) is 48.3 Å². The van der Waals surface area contributed by atoms with Gasteiger partial charge in [-0.15, -0.1) is 11.3 Å². The van der Waals surface area contributed by atoms with E-state index in [2.05, 4.69) is 87.6 Å². The summed E-state index contributed by atoms with van der Waals surface area (Å²) in [5.41, 5.74) is 4.77. The summed E-state index contributed by atoms with van der Waals surface area (Å²) >= 11 is 3.57. The highest BCUT2D eigenvalue weighted by Gasteiger charge is 2.27. The molecule has 0 spiro atoms. The van der Waals surface area contributed by atoms with Gasteiger partial charge in [0.15, 0.2) is 0 Å². The monoisotopic (exact) mass is 516 g/mol. The predicted octanol–water partition coefficient (Wildman–Crippen LogP) is 5.03. The van der Waals surface area contributed by atoms with Crippen LogP contribution in [-0.4, -0.2) is 54.4 Å². The van der Waals surface area contributed by atoms with Gasteiger partial charge in [0.1, 0.15) is 6.04 Å². The highest BCUT2D eigenvalue weighted by molar-refractivity contribution is 7.97. The number of piperazine rings is 1. The first-order chi connectivity index (χ1) is 17.6. The zero-order chi connectivity index (χ0) is 24.9. The summed E-state index contributed by atoms with van der Waals surface area (Å²) in [7, 11) is 2.18. The van der Waals surface area contributed by atoms with Gasteiger partial charge < -0.3 is 10.2 Å². The summed E-state index contributed by atoms with van der Waals surface area (Å²) in [6.07, 6.45) is 3.11. The van der Waals surface area contributed by atoms with Gasteiger partial charge in [-0.25, -0.2) is 4.31 Å². The lowest BCUT2D eigenvalue weighted by Gasteiger charge is -2.31. The van der Waals surface area contributed by atoms with E-state index >= 15 is 0 Å². The van der Waals surface area contributed by atoms with E-state index in [9.17, 15) is 10.1 Å². The van der Waals surface area contributed by atoms with Gasteiger partial charge in [-0.3, -0.25) is 4.79 Å². The number of hydrogen-bond donors (Lipinski definition) is 1. The second kappa shape index (κ2) is 11.6. The van der Waals surface area contributed by atoms with Crippen LogP contribution in [0.5, 0.6) is 0 Å². The molecule has 1 fully saturated rings. The van der Waals surface area contributed by atoms with Gasteiger partial charge in [0.05, 0.1) is 6.07 Å². The highest BCUT2D eigenvalue weighted by Crippen LogP contribution is 2.30. The van der Waals surface area contributed by atoms with E-state index in [0.717, 1.165) is 56.6 Å². The zero-order valence-electron chi connectivity index (χ0n) is 20.7. The van der Waals surface area contributed by atoms with Crippen LogP contribution in [0.2, 0.25) is 0 Å². The third-order valence-electron chi connectivity index (χ3n) is 7.15. The Morgan fingerprint density at radius 2 is 1.78 bits per heavy atom. The summed E-state index contributed by atoms with van der Waals surface area (Å²) in [5, 5.41) is 14.8. The Morgan fingerprint density at radius 1 is 1.08 bits per heavy atom. The van der Waals surface area contributed by atoms with E-state index in [4.69, 9.17) is 0 Å². The molecular weight excluding hydrogens is 484 g/mol. The van der Waals surface area contributed by atoms with Crippen molar-refractivity contribution in [1.29, 1.82) is 5.26 Å². The number of rotatable bonds is 7. The number of benzene rings is 2. The quantitative estimate of drug-likeness (QED) is 0.447. The molecule has 186 valence electrons. The van der Waals surface area contributed by atoms with E-state index < -0.39 is 6.04 Å². The van der Waals surface area contributed by atoms with Crippen molar-refractivity contribution in [3.05, 3.63) is 76.0 Å². The molecule has 5 rings (SSSR count). The number of nitriles is 1. The average Bonchev–Trinajstić information content (AvgIpc) is 3.38. The molecule has 2 unspecified atom stereocenters. The van der Waals surface area contributed by atoms with Crippen LogP contribution < -0.4 is 5.32 Å². The second-order valence-corrected chi connectivity index (χ2v) is 11.9. The number of nitrogens with zero attached hydrogens (tertiary/aromatic N) is 3. The second-order valence-electron chi connectivity index (χ2n) is 9.75. The van der Waals surface area contributed by atoms with Gasteiger partial charge in [-0.2, -0.15) is 5.26 Å². The molecule has 0 bridgehead atoms. The van der Waals surface area contributed by atoms with Crippen LogP contribution in [0.3, 0.4) is 0 Å². The molecule has 1 aliphatic heterocycles. The highest BCUT2D eigenvalue weighted by atomic mass is 32.2. The largest absolute Gasteiger partial charge is 0.340 e. The topological polar surface area (TPSA) is 59.4 Å². The molecule has 2 atom stereocenters. The van der Waals surface area contributed by atoms with Gasteiger partial charge in [-0.1, -0.05) is 36.4 Å². The van der Waals surface area contributed by atoms with Gasteiger partial charge in [0.2, 0.25) is 5.91 Å². The average molecular weight is 517 g/mol. The lowest BCUT2D eigenvalue weighted by molar-refractivity contribution is -0.125. The number of carbonyl (C=O) groups is 1. The number of thiophene rings is 1. The molecule has 1 saturated heterocycles. The molecule has 5 nitrogen and oxygen atoms in total. The molecule has 1 amide bonds. The molecule has 7 heteroatoms. The van der Waals surface area contributed by atoms with Crippen LogP contribution in [0.25, 0.3) is 11.1 Å². The molecule has 36 heavy (non-hydrogen) atoms. The van der Waals surface area contributed by atoms with E-state index in [0.29, 0.717) is 6.42 Å². The number of fused-ring (bicyclic) bond motifs is 1. The van der Waals surface area contributed by atoms with Crippen LogP contribution in [0, 0.1) is 17.2 Å². The fourth-order valence-corrected chi connectivity index (χ4v) is 6.79.